The van der Waals surface area contributed by atoms with Gasteiger partial charge >= 0.3 is 5.97 Å². The van der Waals surface area contributed by atoms with Crippen LogP contribution in [0.3, 0.4) is 0 Å². The average molecular weight is 392 g/mol. The molecule has 0 saturated carbocycles. The summed E-state index contributed by atoms with van der Waals surface area (Å²) in [4.78, 5) is 25.7. The molecule has 0 spiro atoms. The summed E-state index contributed by atoms with van der Waals surface area (Å²) >= 11 is 3.43. The lowest BCUT2D eigenvalue weighted by Gasteiger charge is -2.20. The van der Waals surface area contributed by atoms with Crippen LogP contribution in [0.25, 0.3) is 5.69 Å². The van der Waals surface area contributed by atoms with E-state index in [1.165, 1.54) is 0 Å². The second kappa shape index (κ2) is 6.05. The lowest BCUT2D eigenvalue weighted by molar-refractivity contribution is -0.147. The van der Waals surface area contributed by atoms with Crippen LogP contribution in [0.1, 0.15) is 29.4 Å². The number of carboxylic acid groups (broad SMARTS) is 1. The lowest BCUT2D eigenvalue weighted by Crippen LogP contribution is -2.35. The van der Waals surface area contributed by atoms with Crippen LogP contribution in [0.2, 0.25) is 0 Å². The van der Waals surface area contributed by atoms with Crippen molar-refractivity contribution in [3.05, 3.63) is 46.2 Å². The predicted octanol–water partition coefficient (Wildman–Crippen LogP) is 2.88. The van der Waals surface area contributed by atoms with Gasteiger partial charge in [-0.3, -0.25) is 9.59 Å². The van der Waals surface area contributed by atoms with Crippen molar-refractivity contribution < 1.29 is 14.7 Å². The fraction of sp³-hybridized carbons (Fsp3) is 0.353. The highest BCUT2D eigenvalue weighted by molar-refractivity contribution is 9.10. The molecule has 1 saturated heterocycles. The summed E-state index contributed by atoms with van der Waals surface area (Å²) in [5.74, 6) is -1.03. The Morgan fingerprint density at radius 3 is 2.75 bits per heavy atom. The van der Waals surface area contributed by atoms with E-state index in [0.29, 0.717) is 18.5 Å². The van der Waals surface area contributed by atoms with Crippen LogP contribution in [0.15, 0.2) is 34.9 Å². The van der Waals surface area contributed by atoms with E-state index in [9.17, 15) is 14.7 Å². The molecular formula is C17H18BrN3O3. The molecule has 6 nitrogen and oxygen atoms in total. The fourth-order valence-electron chi connectivity index (χ4n) is 2.97. The molecule has 1 amide bonds. The van der Waals surface area contributed by atoms with Gasteiger partial charge in [0.05, 0.1) is 28.6 Å². The number of benzene rings is 1. The summed E-state index contributed by atoms with van der Waals surface area (Å²) in [6.45, 7) is 4.19. The van der Waals surface area contributed by atoms with Crippen LogP contribution in [-0.2, 0) is 4.79 Å². The van der Waals surface area contributed by atoms with Crippen LogP contribution >= 0.6 is 15.9 Å². The third-order valence-electron chi connectivity index (χ3n) is 4.57. The van der Waals surface area contributed by atoms with Crippen LogP contribution in [0.4, 0.5) is 0 Å². The Morgan fingerprint density at radius 1 is 1.38 bits per heavy atom. The van der Waals surface area contributed by atoms with Crippen molar-refractivity contribution in [2.45, 2.75) is 20.3 Å². The van der Waals surface area contributed by atoms with E-state index >= 15 is 0 Å². The molecule has 7 heteroatoms. The van der Waals surface area contributed by atoms with Gasteiger partial charge in [-0.1, -0.05) is 22.0 Å². The van der Waals surface area contributed by atoms with Gasteiger partial charge in [-0.05, 0) is 38.5 Å². The molecule has 1 atom stereocenters. The molecule has 1 aliphatic rings. The number of carboxylic acids is 1. The highest BCUT2D eigenvalue weighted by atomic mass is 79.9. The third kappa shape index (κ3) is 2.84. The minimum Gasteiger partial charge on any atom is -0.481 e. The Kier molecular flexibility index (Phi) is 4.21. The molecule has 24 heavy (non-hydrogen) atoms. The molecule has 1 aromatic carbocycles. The number of carbonyl (C=O) groups is 2. The van der Waals surface area contributed by atoms with Crippen molar-refractivity contribution >= 4 is 27.8 Å². The van der Waals surface area contributed by atoms with Crippen molar-refractivity contribution in [1.29, 1.82) is 0 Å². The number of likely N-dealkylation sites (tertiary alicyclic amines) is 1. The third-order valence-corrected chi connectivity index (χ3v) is 5.06. The summed E-state index contributed by atoms with van der Waals surface area (Å²) in [5, 5.41) is 13.6. The Balaban J connectivity index is 1.86. The Bertz CT molecular complexity index is 817. The van der Waals surface area contributed by atoms with Gasteiger partial charge in [-0.25, -0.2) is 4.68 Å². The molecule has 1 aliphatic heterocycles. The van der Waals surface area contributed by atoms with Crippen LogP contribution in [0.5, 0.6) is 0 Å². The zero-order valence-electron chi connectivity index (χ0n) is 13.5. The zero-order chi connectivity index (χ0) is 17.5. The van der Waals surface area contributed by atoms with Crippen molar-refractivity contribution in [3.63, 3.8) is 0 Å². The number of hydrogen-bond donors (Lipinski definition) is 1. The van der Waals surface area contributed by atoms with Crippen molar-refractivity contribution in [3.8, 4) is 5.69 Å². The van der Waals surface area contributed by atoms with E-state index in [0.717, 1.165) is 15.9 Å². The second-order valence-electron chi connectivity index (χ2n) is 6.38. The van der Waals surface area contributed by atoms with Gasteiger partial charge in [0.15, 0.2) is 0 Å². The quantitative estimate of drug-likeness (QED) is 0.872. The molecule has 2 heterocycles. The molecule has 1 unspecified atom stereocenters. The molecule has 1 N–H and O–H groups in total. The van der Waals surface area contributed by atoms with Crippen LogP contribution in [-0.4, -0.2) is 44.8 Å². The number of rotatable bonds is 3. The van der Waals surface area contributed by atoms with Gasteiger partial charge < -0.3 is 10.0 Å². The summed E-state index contributed by atoms with van der Waals surface area (Å²) in [5.41, 5.74) is 1.23. The van der Waals surface area contributed by atoms with Gasteiger partial charge in [0.1, 0.15) is 0 Å². The maximum atomic E-state index is 12.8. The van der Waals surface area contributed by atoms with Crippen molar-refractivity contribution in [1.82, 2.24) is 14.7 Å². The van der Waals surface area contributed by atoms with Crippen LogP contribution in [0, 0.1) is 12.3 Å². The minimum absolute atomic E-state index is 0.168. The smallest absolute Gasteiger partial charge is 0.311 e. The van der Waals surface area contributed by atoms with E-state index in [1.807, 2.05) is 31.2 Å². The molecule has 0 aliphatic carbocycles. The standard InChI is InChI=1S/C17H18BrN3O3/c1-11-14(9-19-21(11)13-5-3-4-12(18)8-13)15(22)20-7-6-17(2,10-20)16(23)24/h3-5,8-9H,6-7,10H2,1-2H3,(H,23,24). The van der Waals surface area contributed by atoms with E-state index in [1.54, 1.807) is 22.7 Å². The number of carbonyl (C=O) groups excluding carboxylic acids is 1. The maximum absolute atomic E-state index is 12.8. The van der Waals surface area contributed by atoms with Gasteiger partial charge in [-0.2, -0.15) is 5.10 Å². The molecular weight excluding hydrogens is 374 g/mol. The van der Waals surface area contributed by atoms with Crippen molar-refractivity contribution in [2.24, 2.45) is 5.41 Å². The number of hydrogen-bond acceptors (Lipinski definition) is 3. The first-order valence-electron chi connectivity index (χ1n) is 7.65. The first-order chi connectivity index (χ1) is 11.3. The summed E-state index contributed by atoms with van der Waals surface area (Å²) in [7, 11) is 0. The SMILES string of the molecule is Cc1c(C(=O)N2CCC(C)(C(=O)O)C2)cnn1-c1cccc(Br)c1. The molecule has 126 valence electrons. The molecule has 0 radical (unpaired) electrons. The molecule has 1 fully saturated rings. The number of nitrogens with zero attached hydrogens (tertiary/aromatic N) is 3. The molecule has 0 bridgehead atoms. The van der Waals surface area contributed by atoms with Gasteiger partial charge in [0.25, 0.3) is 5.91 Å². The van der Waals surface area contributed by atoms with E-state index < -0.39 is 11.4 Å². The first kappa shape index (κ1) is 16.7. The highest BCUT2D eigenvalue weighted by Crippen LogP contribution is 2.31. The summed E-state index contributed by atoms with van der Waals surface area (Å²) in [6.07, 6.45) is 2.02. The molecule has 1 aromatic heterocycles. The van der Waals surface area contributed by atoms with E-state index in [-0.39, 0.29) is 12.5 Å². The number of aromatic nitrogens is 2. The Morgan fingerprint density at radius 2 is 2.12 bits per heavy atom. The maximum Gasteiger partial charge on any atom is 0.311 e. The fourth-order valence-corrected chi connectivity index (χ4v) is 3.35. The normalized spacial score (nSPS) is 20.4. The van der Waals surface area contributed by atoms with E-state index in [2.05, 4.69) is 21.0 Å². The first-order valence-corrected chi connectivity index (χ1v) is 8.44. The predicted molar refractivity (Wildman–Crippen MR) is 92.3 cm³/mol. The Hall–Kier alpha value is -2.15. The van der Waals surface area contributed by atoms with Crippen molar-refractivity contribution in [2.75, 3.05) is 13.1 Å². The Labute approximate surface area is 148 Å². The molecule has 2 aromatic rings. The summed E-state index contributed by atoms with van der Waals surface area (Å²) in [6, 6.07) is 7.66. The zero-order valence-corrected chi connectivity index (χ0v) is 15.1. The number of aliphatic carboxylic acids is 1. The molecule has 3 rings (SSSR count). The van der Waals surface area contributed by atoms with Gasteiger partial charge in [-0.15, -0.1) is 0 Å². The topological polar surface area (TPSA) is 75.4 Å². The number of halogens is 1. The van der Waals surface area contributed by atoms with Crippen LogP contribution < -0.4 is 0 Å². The van der Waals surface area contributed by atoms with E-state index in [4.69, 9.17) is 0 Å². The lowest BCUT2D eigenvalue weighted by atomic mass is 9.90. The number of amides is 1. The minimum atomic E-state index is -0.871. The largest absolute Gasteiger partial charge is 0.481 e. The summed E-state index contributed by atoms with van der Waals surface area (Å²) < 4.78 is 2.64. The second-order valence-corrected chi connectivity index (χ2v) is 7.29. The average Bonchev–Trinajstić information content (AvgIpc) is 3.11. The van der Waals surface area contributed by atoms with Gasteiger partial charge in [0, 0.05) is 17.6 Å². The monoisotopic (exact) mass is 391 g/mol. The van der Waals surface area contributed by atoms with Gasteiger partial charge in [0.2, 0.25) is 0 Å². The highest BCUT2D eigenvalue weighted by Gasteiger charge is 2.42.